The Labute approximate surface area is 776 Å². The molecule has 6 aromatic heterocycles. The van der Waals surface area contributed by atoms with Gasteiger partial charge in [0.25, 0.3) is 62.9 Å². The van der Waals surface area contributed by atoms with Gasteiger partial charge in [-0.05, 0) is 169 Å². The summed E-state index contributed by atoms with van der Waals surface area (Å²) < 4.78 is 41.2. The molecule has 0 spiro atoms. The minimum atomic E-state index is -0.584. The Balaban J connectivity index is 0.000000109. The van der Waals surface area contributed by atoms with Gasteiger partial charge >= 0.3 is 0 Å². The van der Waals surface area contributed by atoms with E-state index in [1.807, 2.05) is 66.7 Å². The van der Waals surface area contributed by atoms with Crippen molar-refractivity contribution < 1.29 is 42.3 Å². The number of para-hydroxylation sites is 6. The highest BCUT2D eigenvalue weighted by atomic mass is 35.5. The third kappa shape index (κ3) is 17.2. The van der Waals surface area contributed by atoms with E-state index in [0.717, 1.165) is 0 Å². The Morgan fingerprint density at radius 2 is 0.537 bits per heavy atom. The average Bonchev–Trinajstić information content (AvgIpc) is 1.66. The molecule has 0 radical (unpaired) electrons. The van der Waals surface area contributed by atoms with Crippen molar-refractivity contribution in [3.63, 3.8) is 0 Å². The van der Waals surface area contributed by atoms with Gasteiger partial charge in [-0.25, -0.2) is 38.7 Å². The number of hydrogen-bond donors (Lipinski definition) is 0. The number of carbonyl (C=O) groups excluding carboxylic acids is 6. The Morgan fingerprint density at radius 3 is 0.824 bits per heavy atom. The molecule has 12 heterocycles. The molecule has 11 aromatic carbocycles. The largest absolute Gasteiger partial charge is 0.497 e. The molecule has 17 aromatic rings. The van der Waals surface area contributed by atoms with E-state index >= 15 is 0 Å². The number of halogens is 3. The first kappa shape index (κ1) is 89.6. The highest BCUT2D eigenvalue weighted by Crippen LogP contribution is 2.32. The maximum Gasteiger partial charge on any atom is 0.263 e. The SMILES string of the molecule is CC(=O)N1CCn2c1nc1ccccc1c2=O.CC(C)(C)c1ccc(C(=O)N2CCn3c2nc2ccccc2c3=O)cc1.COc1ccc(C(=O)N2CCn3c2nc2ccccc2c3=O)cc1.O=C(c1ccc(F)cc1)N1CCn2c1nc1ccccc1c2=O.O=C(c1ccccc1Cl)N1CCn2c1nc1ccccc1c2=O.O=C(c1ccccc1F)N1CCn2c1nc1ccccc1c2=O. The highest BCUT2D eigenvalue weighted by molar-refractivity contribution is 6.34. The lowest BCUT2D eigenvalue weighted by Crippen LogP contribution is -2.31. The molecule has 0 atom stereocenters. The van der Waals surface area contributed by atoms with E-state index in [4.69, 9.17) is 16.3 Å². The van der Waals surface area contributed by atoms with Crippen LogP contribution in [0.5, 0.6) is 5.75 Å². The maximum atomic E-state index is 13.9. The van der Waals surface area contributed by atoms with Crippen LogP contribution in [-0.4, -0.2) is 139 Å². The van der Waals surface area contributed by atoms with Gasteiger partial charge in [0.2, 0.25) is 41.6 Å². The zero-order chi connectivity index (χ0) is 95.1. The summed E-state index contributed by atoms with van der Waals surface area (Å²) in [5.41, 5.74) is 5.88. The summed E-state index contributed by atoms with van der Waals surface area (Å²) in [6, 6.07) is 75.4. The van der Waals surface area contributed by atoms with Crippen LogP contribution in [0.2, 0.25) is 5.02 Å². The zero-order valence-electron chi connectivity index (χ0n) is 73.9. The number of carbonyl (C=O) groups is 6. The van der Waals surface area contributed by atoms with Gasteiger partial charge < -0.3 is 4.74 Å². The minimum absolute atomic E-state index is 0.0247. The Bertz CT molecular complexity index is 7980. The lowest BCUT2D eigenvalue weighted by atomic mass is 9.86. The third-order valence-electron chi connectivity index (χ3n) is 24.0. The average molecular weight is 1840 g/mol. The normalized spacial score (nSPS) is 13.5. The number of fused-ring (bicyclic) bond motifs is 12. The number of anilines is 6. The number of hydrogen-bond acceptors (Lipinski definition) is 19. The number of methoxy groups -OCH3 is 1. The molecule has 680 valence electrons. The van der Waals surface area contributed by atoms with Crippen LogP contribution in [0.1, 0.15) is 85.0 Å². The topological polar surface area (TPSA) is 340 Å². The lowest BCUT2D eigenvalue weighted by molar-refractivity contribution is -0.116. The number of nitrogens with zero attached hydrogens (tertiary/aromatic N) is 18. The molecule has 0 N–H and O–H groups in total. The van der Waals surface area contributed by atoms with E-state index in [9.17, 15) is 66.3 Å². The fraction of sp³-hybridized carbons (Fsp3) is 0.176. The molecule has 0 aliphatic carbocycles. The van der Waals surface area contributed by atoms with Gasteiger partial charge in [-0.2, -0.15) is 0 Å². The molecular formula is C102H83ClF2N18O13. The van der Waals surface area contributed by atoms with Crippen molar-refractivity contribution in [2.75, 3.05) is 75.8 Å². The van der Waals surface area contributed by atoms with E-state index in [1.54, 1.807) is 188 Å². The van der Waals surface area contributed by atoms with Crippen molar-refractivity contribution in [1.29, 1.82) is 0 Å². The summed E-state index contributed by atoms with van der Waals surface area (Å²) in [6.07, 6.45) is 0. The van der Waals surface area contributed by atoms with Crippen LogP contribution in [0.25, 0.3) is 65.4 Å². The van der Waals surface area contributed by atoms with Crippen molar-refractivity contribution in [2.24, 2.45) is 0 Å². The smallest absolute Gasteiger partial charge is 0.263 e. The predicted molar refractivity (Wildman–Crippen MR) is 515 cm³/mol. The number of rotatable bonds is 6. The molecule has 0 fully saturated rings. The van der Waals surface area contributed by atoms with E-state index in [-0.39, 0.29) is 79.8 Å². The minimum Gasteiger partial charge on any atom is -0.497 e. The van der Waals surface area contributed by atoms with Crippen molar-refractivity contribution in [1.82, 2.24) is 57.3 Å². The second-order valence-electron chi connectivity index (χ2n) is 33.3. The summed E-state index contributed by atoms with van der Waals surface area (Å²) in [5.74, 6) is 0.557. The fourth-order valence-corrected chi connectivity index (χ4v) is 17.1. The second kappa shape index (κ2) is 37.4. The van der Waals surface area contributed by atoms with Crippen LogP contribution >= 0.6 is 11.6 Å². The standard InChI is InChI=1S/C21H21N3O2.C18H15N3O3.C17H12ClN3O2.2C17H12FN3O2.C12H11N3O2/c1-21(2,3)15-10-8-14(9-11-15)18(25)23-12-13-24-19(26)16-6-4-5-7-17(16)22-20(23)24;1-24-13-8-6-12(7-9-13)16(22)20-10-11-21-17(23)14-4-2-3-5-15(14)19-18(20)21;2*18-13-7-3-1-5-11(13)15(22)20-9-10-21-16(23)12-6-2-4-8-14(12)19-17(20)21;18-12-7-5-11(6-8-12)15(22)20-9-10-21-16(23)13-3-1-2-4-14(13)19-17(20)21;1-8(16)14-6-7-15-11(17)9-4-2-3-5-10(9)13-12(14)15/h4-11H,12-13H2,1-3H3;2-9H,10-11H2,1H3;3*1-8H,9-10H2;2-5H,6-7H2,1H3. The number of amides is 6. The van der Waals surface area contributed by atoms with Gasteiger partial charge in [0, 0.05) is 102 Å². The number of benzene rings is 11. The number of ether oxygens (including phenoxy) is 1. The van der Waals surface area contributed by atoms with Crippen LogP contribution in [0, 0.1) is 11.6 Å². The molecular weight excluding hydrogens is 1760 g/mol. The quantitative estimate of drug-likeness (QED) is 0.149. The zero-order valence-corrected chi connectivity index (χ0v) is 74.6. The molecule has 23 rings (SSSR count). The molecule has 0 saturated carbocycles. The van der Waals surface area contributed by atoms with Crippen LogP contribution in [-0.2, 0) is 49.5 Å². The van der Waals surface area contributed by atoms with Crippen LogP contribution in [0.15, 0.2) is 296 Å². The summed E-state index contributed by atoms with van der Waals surface area (Å²) in [6.45, 7) is 13.0. The first-order valence-corrected chi connectivity index (χ1v) is 43.9. The van der Waals surface area contributed by atoms with Crippen molar-refractivity contribution >= 4 is 148 Å². The summed E-state index contributed by atoms with van der Waals surface area (Å²) >= 11 is 6.11. The molecule has 6 amide bonds. The van der Waals surface area contributed by atoms with Gasteiger partial charge in [0.1, 0.15) is 17.4 Å². The van der Waals surface area contributed by atoms with E-state index in [2.05, 4.69) is 50.7 Å². The van der Waals surface area contributed by atoms with Crippen LogP contribution in [0.3, 0.4) is 0 Å². The molecule has 34 heteroatoms. The first-order chi connectivity index (χ1) is 65.7. The molecule has 0 bridgehead atoms. The van der Waals surface area contributed by atoms with Crippen LogP contribution in [0.4, 0.5) is 44.5 Å². The van der Waals surface area contributed by atoms with Crippen molar-refractivity contribution in [3.05, 3.63) is 379 Å². The Morgan fingerprint density at radius 1 is 0.294 bits per heavy atom. The van der Waals surface area contributed by atoms with Crippen molar-refractivity contribution in [3.8, 4) is 5.75 Å². The fourth-order valence-electron chi connectivity index (χ4n) is 16.9. The van der Waals surface area contributed by atoms with Gasteiger partial charge in [0.15, 0.2) is 0 Å². The Hall–Kier alpha value is -17.0. The van der Waals surface area contributed by atoms with Crippen LogP contribution < -0.4 is 67.5 Å². The summed E-state index contributed by atoms with van der Waals surface area (Å²) in [5, 5.41) is 3.74. The molecule has 0 unspecified atom stereocenters. The maximum absolute atomic E-state index is 13.9. The van der Waals surface area contributed by atoms with Gasteiger partial charge in [0.05, 0.1) is 88.7 Å². The van der Waals surface area contributed by atoms with Gasteiger partial charge in [-0.15, -0.1) is 0 Å². The molecule has 6 aliphatic rings. The van der Waals surface area contributed by atoms with Gasteiger partial charge in [-0.1, -0.05) is 142 Å². The van der Waals surface area contributed by atoms with E-state index in [0.29, 0.717) is 207 Å². The second-order valence-corrected chi connectivity index (χ2v) is 33.7. The van der Waals surface area contributed by atoms with Gasteiger partial charge in [-0.3, -0.25) is 114 Å². The summed E-state index contributed by atoms with van der Waals surface area (Å²) in [7, 11) is 1.58. The summed E-state index contributed by atoms with van der Waals surface area (Å²) in [4.78, 5) is 186. The van der Waals surface area contributed by atoms with E-state index < -0.39 is 17.5 Å². The lowest BCUT2D eigenvalue weighted by Gasteiger charge is -2.20. The van der Waals surface area contributed by atoms with Crippen molar-refractivity contribution in [2.45, 2.75) is 72.4 Å². The predicted octanol–water partition coefficient (Wildman–Crippen LogP) is 13.3. The number of aromatic nitrogens is 12. The van der Waals surface area contributed by atoms with E-state index in [1.165, 1.54) is 88.3 Å². The molecule has 6 aliphatic heterocycles. The highest BCUT2D eigenvalue weighted by Gasteiger charge is 2.36. The molecule has 31 nitrogen and oxygen atoms in total. The molecule has 136 heavy (non-hydrogen) atoms. The first-order valence-electron chi connectivity index (χ1n) is 43.6. The Kier molecular flexibility index (Phi) is 24.6. The molecule has 0 saturated heterocycles. The monoisotopic (exact) mass is 1840 g/mol. The third-order valence-corrected chi connectivity index (χ3v) is 24.4.